The lowest BCUT2D eigenvalue weighted by atomic mass is 10.1. The third-order valence-electron chi connectivity index (χ3n) is 2.24. The first kappa shape index (κ1) is 13.9. The topological polar surface area (TPSA) is 49.3 Å². The first-order valence-corrected chi connectivity index (χ1v) is 5.57. The summed E-state index contributed by atoms with van der Waals surface area (Å²) in [6.45, 7) is 3.19. The smallest absolute Gasteiger partial charge is 0.225 e. The highest BCUT2D eigenvalue weighted by molar-refractivity contribution is 6.30. The summed E-state index contributed by atoms with van der Waals surface area (Å²) in [6.07, 6.45) is -0.0770. The SMILES string of the molecule is CC(C)(CO)NC(=O)Cc1ccc(Cl)cc1F. The van der Waals surface area contributed by atoms with Gasteiger partial charge in [0.1, 0.15) is 5.82 Å². The zero-order chi connectivity index (χ0) is 13.1. The van der Waals surface area contributed by atoms with E-state index in [2.05, 4.69) is 5.32 Å². The van der Waals surface area contributed by atoms with Crippen LogP contribution in [0.3, 0.4) is 0 Å². The maximum absolute atomic E-state index is 13.4. The van der Waals surface area contributed by atoms with Crippen LogP contribution in [0.4, 0.5) is 4.39 Å². The number of carbonyl (C=O) groups excluding carboxylic acids is 1. The summed E-state index contributed by atoms with van der Waals surface area (Å²) >= 11 is 5.61. The van der Waals surface area contributed by atoms with Gasteiger partial charge in [-0.25, -0.2) is 4.39 Å². The van der Waals surface area contributed by atoms with Crippen LogP contribution in [0.1, 0.15) is 19.4 Å². The lowest BCUT2D eigenvalue weighted by Crippen LogP contribution is -2.46. The van der Waals surface area contributed by atoms with Crippen LogP contribution in [0.5, 0.6) is 0 Å². The Balaban J connectivity index is 2.69. The molecule has 0 aliphatic rings. The third kappa shape index (κ3) is 4.32. The maximum Gasteiger partial charge on any atom is 0.225 e. The second-order valence-corrected chi connectivity index (χ2v) is 4.94. The van der Waals surface area contributed by atoms with Crippen molar-refractivity contribution in [2.24, 2.45) is 0 Å². The number of rotatable bonds is 4. The standard InChI is InChI=1S/C12H15ClFNO2/c1-12(2,7-16)15-11(17)5-8-3-4-9(13)6-10(8)14/h3-4,6,16H,5,7H2,1-2H3,(H,15,17). The quantitative estimate of drug-likeness (QED) is 0.868. The van der Waals surface area contributed by atoms with Crippen LogP contribution in [0.25, 0.3) is 0 Å². The Kier molecular flexibility index (Phi) is 4.48. The third-order valence-corrected chi connectivity index (χ3v) is 2.47. The van der Waals surface area contributed by atoms with E-state index in [-0.39, 0.29) is 24.5 Å². The van der Waals surface area contributed by atoms with E-state index in [1.165, 1.54) is 18.2 Å². The number of aliphatic hydroxyl groups excluding tert-OH is 1. The number of amides is 1. The molecule has 0 heterocycles. The number of hydrogen-bond acceptors (Lipinski definition) is 2. The minimum atomic E-state index is -0.708. The van der Waals surface area contributed by atoms with E-state index in [4.69, 9.17) is 16.7 Å². The second kappa shape index (κ2) is 5.47. The van der Waals surface area contributed by atoms with Gasteiger partial charge in [0.25, 0.3) is 0 Å². The molecule has 2 N–H and O–H groups in total. The largest absolute Gasteiger partial charge is 0.394 e. The van der Waals surface area contributed by atoms with Crippen LogP contribution < -0.4 is 5.32 Å². The van der Waals surface area contributed by atoms with Crippen molar-refractivity contribution in [2.75, 3.05) is 6.61 Å². The molecule has 0 aliphatic heterocycles. The molecule has 0 spiro atoms. The summed E-state index contributed by atoms with van der Waals surface area (Å²) in [5, 5.41) is 11.9. The molecule has 0 radical (unpaired) electrons. The Morgan fingerprint density at radius 2 is 2.18 bits per heavy atom. The highest BCUT2D eigenvalue weighted by Gasteiger charge is 2.19. The van der Waals surface area contributed by atoms with Crippen LogP contribution >= 0.6 is 11.6 Å². The molecule has 17 heavy (non-hydrogen) atoms. The molecule has 0 atom stereocenters. The summed E-state index contributed by atoms with van der Waals surface area (Å²) in [5.41, 5.74) is -0.430. The first-order chi connectivity index (χ1) is 7.84. The van der Waals surface area contributed by atoms with E-state index in [1.807, 2.05) is 0 Å². The van der Waals surface area contributed by atoms with Gasteiger partial charge in [-0.2, -0.15) is 0 Å². The number of carbonyl (C=O) groups is 1. The molecule has 0 saturated carbocycles. The average molecular weight is 260 g/mol. The number of aliphatic hydroxyl groups is 1. The molecule has 0 aromatic heterocycles. The minimum Gasteiger partial charge on any atom is -0.394 e. The molecule has 5 heteroatoms. The Bertz CT molecular complexity index is 421. The van der Waals surface area contributed by atoms with Crippen molar-refractivity contribution in [3.63, 3.8) is 0 Å². The van der Waals surface area contributed by atoms with E-state index < -0.39 is 11.4 Å². The van der Waals surface area contributed by atoms with Crippen molar-refractivity contribution in [1.82, 2.24) is 5.32 Å². The summed E-state index contributed by atoms with van der Waals surface area (Å²) in [4.78, 5) is 11.6. The number of hydrogen-bond donors (Lipinski definition) is 2. The molecule has 0 aliphatic carbocycles. The van der Waals surface area contributed by atoms with Crippen molar-refractivity contribution in [2.45, 2.75) is 25.8 Å². The van der Waals surface area contributed by atoms with Crippen LogP contribution in [0.15, 0.2) is 18.2 Å². The highest BCUT2D eigenvalue weighted by atomic mass is 35.5. The lowest BCUT2D eigenvalue weighted by Gasteiger charge is -2.23. The van der Waals surface area contributed by atoms with Crippen LogP contribution in [-0.2, 0) is 11.2 Å². The molecular weight excluding hydrogens is 245 g/mol. The van der Waals surface area contributed by atoms with E-state index >= 15 is 0 Å². The lowest BCUT2D eigenvalue weighted by molar-refractivity contribution is -0.122. The predicted octanol–water partition coefficient (Wildman–Crippen LogP) is 1.91. The zero-order valence-corrected chi connectivity index (χ0v) is 10.5. The Morgan fingerprint density at radius 1 is 1.53 bits per heavy atom. The van der Waals surface area contributed by atoms with Crippen LogP contribution in [0, 0.1) is 5.82 Å². The zero-order valence-electron chi connectivity index (χ0n) is 9.76. The minimum absolute atomic E-state index is 0.0770. The van der Waals surface area contributed by atoms with Gasteiger partial charge in [0.05, 0.1) is 18.6 Å². The molecule has 3 nitrogen and oxygen atoms in total. The van der Waals surface area contributed by atoms with Gasteiger partial charge >= 0.3 is 0 Å². The van der Waals surface area contributed by atoms with Crippen molar-refractivity contribution in [3.8, 4) is 0 Å². The van der Waals surface area contributed by atoms with Crippen molar-refractivity contribution in [1.29, 1.82) is 0 Å². The number of nitrogens with one attached hydrogen (secondary N) is 1. The Labute approximate surface area is 105 Å². The van der Waals surface area contributed by atoms with Gasteiger partial charge in [-0.1, -0.05) is 17.7 Å². The van der Waals surface area contributed by atoms with Gasteiger partial charge in [-0.15, -0.1) is 0 Å². The molecular formula is C12H15ClFNO2. The molecule has 1 rings (SSSR count). The second-order valence-electron chi connectivity index (χ2n) is 4.50. The van der Waals surface area contributed by atoms with Crippen LogP contribution in [0.2, 0.25) is 5.02 Å². The molecule has 0 unspecified atom stereocenters. The number of halogens is 2. The molecule has 1 aromatic rings. The Morgan fingerprint density at radius 3 is 2.71 bits per heavy atom. The van der Waals surface area contributed by atoms with E-state index in [1.54, 1.807) is 13.8 Å². The first-order valence-electron chi connectivity index (χ1n) is 5.20. The predicted molar refractivity (Wildman–Crippen MR) is 64.4 cm³/mol. The number of benzene rings is 1. The highest BCUT2D eigenvalue weighted by Crippen LogP contribution is 2.15. The van der Waals surface area contributed by atoms with Gasteiger partial charge < -0.3 is 10.4 Å². The molecule has 1 aromatic carbocycles. The summed E-state index contributed by atoms with van der Waals surface area (Å²) in [5.74, 6) is -0.847. The van der Waals surface area contributed by atoms with E-state index in [9.17, 15) is 9.18 Å². The van der Waals surface area contributed by atoms with Gasteiger partial charge in [0.2, 0.25) is 5.91 Å². The molecule has 0 fully saturated rings. The fraction of sp³-hybridized carbons (Fsp3) is 0.417. The van der Waals surface area contributed by atoms with E-state index in [0.717, 1.165) is 0 Å². The van der Waals surface area contributed by atoms with Crippen molar-refractivity contribution in [3.05, 3.63) is 34.6 Å². The fourth-order valence-corrected chi connectivity index (χ4v) is 1.46. The van der Waals surface area contributed by atoms with Crippen molar-refractivity contribution >= 4 is 17.5 Å². The maximum atomic E-state index is 13.4. The Hall–Kier alpha value is -1.13. The molecule has 1 amide bonds. The average Bonchev–Trinajstić information content (AvgIpc) is 2.21. The van der Waals surface area contributed by atoms with Gasteiger partial charge in [-0.05, 0) is 31.5 Å². The van der Waals surface area contributed by atoms with Crippen LogP contribution in [-0.4, -0.2) is 23.2 Å². The van der Waals surface area contributed by atoms with Gasteiger partial charge in [0, 0.05) is 5.02 Å². The molecule has 0 saturated heterocycles. The van der Waals surface area contributed by atoms with Gasteiger partial charge in [-0.3, -0.25) is 4.79 Å². The van der Waals surface area contributed by atoms with Gasteiger partial charge in [0.15, 0.2) is 0 Å². The monoisotopic (exact) mass is 259 g/mol. The molecule has 0 bridgehead atoms. The van der Waals surface area contributed by atoms with Crippen molar-refractivity contribution < 1.29 is 14.3 Å². The molecule has 94 valence electrons. The fourth-order valence-electron chi connectivity index (χ4n) is 1.30. The normalized spacial score (nSPS) is 11.4. The van der Waals surface area contributed by atoms with E-state index in [0.29, 0.717) is 5.02 Å². The summed E-state index contributed by atoms with van der Waals surface area (Å²) in [7, 11) is 0. The summed E-state index contributed by atoms with van der Waals surface area (Å²) in [6, 6.07) is 4.18. The summed E-state index contributed by atoms with van der Waals surface area (Å²) < 4.78 is 13.4.